The first kappa shape index (κ1) is 20.4. The summed E-state index contributed by atoms with van der Waals surface area (Å²) in [6.45, 7) is 14.8. The molecule has 1 atom stereocenters. The molecule has 3 nitrogen and oxygen atoms in total. The van der Waals surface area contributed by atoms with E-state index in [-0.39, 0.29) is 0 Å². The van der Waals surface area contributed by atoms with Crippen molar-refractivity contribution in [3.05, 3.63) is 25.3 Å². The van der Waals surface area contributed by atoms with Gasteiger partial charge in [-0.2, -0.15) is 0 Å². The maximum atomic E-state index is 10.4. The molecule has 0 unspecified atom stereocenters. The molecule has 0 aromatic rings. The highest BCUT2D eigenvalue weighted by Gasteiger charge is 2.23. The van der Waals surface area contributed by atoms with Gasteiger partial charge >= 0.3 is 0 Å². The maximum absolute atomic E-state index is 10.4. The Morgan fingerprint density at radius 1 is 1.10 bits per heavy atom. The number of hydrogen-bond acceptors (Lipinski definition) is 3. The Kier molecular flexibility index (Phi) is 9.84. The van der Waals surface area contributed by atoms with Gasteiger partial charge in [0.25, 0.3) is 0 Å². The van der Waals surface area contributed by atoms with Crippen LogP contribution in [0.5, 0.6) is 0 Å². The highest BCUT2D eigenvalue weighted by atomic mass is 16.3. The van der Waals surface area contributed by atoms with Crippen molar-refractivity contribution in [1.82, 2.24) is 5.32 Å². The third kappa shape index (κ3) is 11.7. The van der Waals surface area contributed by atoms with E-state index in [1.807, 2.05) is 13.8 Å². The molecule has 0 amide bonds. The quantitative estimate of drug-likeness (QED) is 0.360. The van der Waals surface area contributed by atoms with Crippen LogP contribution in [0.1, 0.15) is 59.3 Å². The molecule has 0 aliphatic carbocycles. The predicted molar refractivity (Wildman–Crippen MR) is 91.4 cm³/mol. The van der Waals surface area contributed by atoms with Crippen molar-refractivity contribution in [2.24, 2.45) is 5.92 Å². The summed E-state index contributed by atoms with van der Waals surface area (Å²) in [4.78, 5) is 0. The zero-order chi connectivity index (χ0) is 16.4. The van der Waals surface area contributed by atoms with Gasteiger partial charge in [0.2, 0.25) is 0 Å². The van der Waals surface area contributed by atoms with Crippen LogP contribution in [0.3, 0.4) is 0 Å². The summed E-state index contributed by atoms with van der Waals surface area (Å²) in [5, 5.41) is 23.4. The van der Waals surface area contributed by atoms with Crippen molar-refractivity contribution in [3.63, 3.8) is 0 Å². The lowest BCUT2D eigenvalue weighted by molar-refractivity contribution is 0.0460. The Bertz CT molecular complexity index is 284. The molecule has 0 spiro atoms. The van der Waals surface area contributed by atoms with E-state index in [1.165, 1.54) is 0 Å². The van der Waals surface area contributed by atoms with Crippen LogP contribution < -0.4 is 5.32 Å². The molecule has 0 aliphatic heterocycles. The second-order valence-corrected chi connectivity index (χ2v) is 6.99. The Hall–Kier alpha value is -0.640. The fourth-order valence-corrected chi connectivity index (χ4v) is 2.46. The molecule has 3 heteroatoms. The summed E-state index contributed by atoms with van der Waals surface area (Å²) < 4.78 is 0. The van der Waals surface area contributed by atoms with E-state index in [0.29, 0.717) is 25.3 Å². The summed E-state index contributed by atoms with van der Waals surface area (Å²) in [5.41, 5.74) is -1.31. The van der Waals surface area contributed by atoms with Gasteiger partial charge in [0.1, 0.15) is 0 Å². The summed E-state index contributed by atoms with van der Waals surface area (Å²) >= 11 is 0. The van der Waals surface area contributed by atoms with E-state index < -0.39 is 11.2 Å². The summed E-state index contributed by atoms with van der Waals surface area (Å²) in [6.07, 6.45) is 8.79. The molecule has 3 N–H and O–H groups in total. The van der Waals surface area contributed by atoms with Crippen LogP contribution in [-0.2, 0) is 0 Å². The van der Waals surface area contributed by atoms with E-state index >= 15 is 0 Å². The Morgan fingerprint density at radius 3 is 2.14 bits per heavy atom. The first-order valence-corrected chi connectivity index (χ1v) is 8.10. The van der Waals surface area contributed by atoms with Gasteiger partial charge in [-0.1, -0.05) is 31.9 Å². The minimum absolute atomic E-state index is 0.552. The van der Waals surface area contributed by atoms with Crippen LogP contribution in [0.4, 0.5) is 0 Å². The molecular formula is C18H35NO2. The van der Waals surface area contributed by atoms with E-state index in [9.17, 15) is 10.2 Å². The average molecular weight is 297 g/mol. The molecule has 0 radical (unpaired) electrons. The van der Waals surface area contributed by atoms with Crippen molar-refractivity contribution in [1.29, 1.82) is 0 Å². The number of rotatable bonds is 13. The van der Waals surface area contributed by atoms with Crippen LogP contribution in [-0.4, -0.2) is 34.5 Å². The maximum Gasteiger partial charge on any atom is 0.0839 e. The molecule has 0 fully saturated rings. The molecule has 0 aromatic heterocycles. The monoisotopic (exact) mass is 297 g/mol. The summed E-state index contributed by atoms with van der Waals surface area (Å²) in [7, 11) is 0. The fourth-order valence-electron chi connectivity index (χ4n) is 2.46. The minimum atomic E-state index is -0.756. The van der Waals surface area contributed by atoms with E-state index in [4.69, 9.17) is 0 Å². The van der Waals surface area contributed by atoms with Crippen LogP contribution in [0.15, 0.2) is 25.3 Å². The third-order valence-corrected chi connectivity index (χ3v) is 3.80. The molecule has 21 heavy (non-hydrogen) atoms. The van der Waals surface area contributed by atoms with Crippen molar-refractivity contribution in [2.75, 3.05) is 13.1 Å². The average Bonchev–Trinajstić information content (AvgIpc) is 2.34. The van der Waals surface area contributed by atoms with Crippen LogP contribution in [0, 0.1) is 5.92 Å². The molecule has 124 valence electrons. The second-order valence-electron chi connectivity index (χ2n) is 6.99. The van der Waals surface area contributed by atoms with Crippen molar-refractivity contribution >= 4 is 0 Å². The standard InChI is InChI=1S/C18H35NO2/c1-6-11-18(21,12-7-2)15-19-14-10-16(3)9-8-13-17(4,5)20/h6-7,16,19-21H,1-2,8-15H2,3-5H3/t16-/m1/s1. The number of aliphatic hydroxyl groups is 2. The largest absolute Gasteiger partial charge is 0.390 e. The third-order valence-electron chi connectivity index (χ3n) is 3.80. The second kappa shape index (κ2) is 10.1. The molecule has 0 saturated heterocycles. The molecule has 0 heterocycles. The molecule has 0 aromatic carbocycles. The normalized spacial score (nSPS) is 14.0. The van der Waals surface area contributed by atoms with E-state index in [0.717, 1.165) is 32.2 Å². The van der Waals surface area contributed by atoms with Gasteiger partial charge in [0.05, 0.1) is 11.2 Å². The minimum Gasteiger partial charge on any atom is -0.390 e. The van der Waals surface area contributed by atoms with Gasteiger partial charge in [-0.25, -0.2) is 0 Å². The topological polar surface area (TPSA) is 52.5 Å². The Morgan fingerprint density at radius 2 is 1.67 bits per heavy atom. The van der Waals surface area contributed by atoms with Crippen molar-refractivity contribution < 1.29 is 10.2 Å². The van der Waals surface area contributed by atoms with Crippen LogP contribution >= 0.6 is 0 Å². The van der Waals surface area contributed by atoms with Gasteiger partial charge in [0.15, 0.2) is 0 Å². The van der Waals surface area contributed by atoms with E-state index in [1.54, 1.807) is 12.2 Å². The zero-order valence-corrected chi connectivity index (χ0v) is 14.2. The summed E-state index contributed by atoms with van der Waals surface area (Å²) in [6, 6.07) is 0. The fraction of sp³-hybridized carbons (Fsp3) is 0.778. The lowest BCUT2D eigenvalue weighted by Crippen LogP contribution is -2.40. The number of nitrogens with one attached hydrogen (secondary N) is 1. The SMILES string of the molecule is C=CCC(O)(CC=C)CNCC[C@H](C)CCCC(C)(C)O. The smallest absolute Gasteiger partial charge is 0.0839 e. The zero-order valence-electron chi connectivity index (χ0n) is 14.2. The van der Waals surface area contributed by atoms with Gasteiger partial charge in [-0.15, -0.1) is 13.2 Å². The number of hydrogen-bond donors (Lipinski definition) is 3. The molecule has 0 aliphatic rings. The molecular weight excluding hydrogens is 262 g/mol. The van der Waals surface area contributed by atoms with Crippen LogP contribution in [0.2, 0.25) is 0 Å². The van der Waals surface area contributed by atoms with Crippen molar-refractivity contribution in [3.8, 4) is 0 Å². The Balaban J connectivity index is 3.82. The molecule has 0 bridgehead atoms. The lowest BCUT2D eigenvalue weighted by atomic mass is 9.94. The molecule has 0 saturated carbocycles. The first-order valence-electron chi connectivity index (χ1n) is 8.10. The lowest BCUT2D eigenvalue weighted by Gasteiger charge is -2.26. The van der Waals surface area contributed by atoms with Gasteiger partial charge in [-0.05, 0) is 52.0 Å². The first-order chi connectivity index (χ1) is 9.72. The van der Waals surface area contributed by atoms with Gasteiger partial charge in [0, 0.05) is 6.54 Å². The highest BCUT2D eigenvalue weighted by Crippen LogP contribution is 2.18. The highest BCUT2D eigenvalue weighted by molar-refractivity contribution is 4.93. The van der Waals surface area contributed by atoms with Crippen molar-refractivity contribution in [2.45, 2.75) is 70.5 Å². The predicted octanol–water partition coefficient (Wildman–Crippen LogP) is 3.43. The molecule has 0 rings (SSSR count). The summed E-state index contributed by atoms with van der Waals surface area (Å²) in [5.74, 6) is 0.631. The Labute approximate surface area is 131 Å². The van der Waals surface area contributed by atoms with Gasteiger partial charge in [-0.3, -0.25) is 0 Å². The van der Waals surface area contributed by atoms with Crippen LogP contribution in [0.25, 0.3) is 0 Å². The van der Waals surface area contributed by atoms with E-state index in [2.05, 4.69) is 25.4 Å². The van der Waals surface area contributed by atoms with Gasteiger partial charge < -0.3 is 15.5 Å².